The van der Waals surface area contributed by atoms with Gasteiger partial charge in [0.25, 0.3) is 0 Å². The third-order valence-electron chi connectivity index (χ3n) is 2.29. The minimum Gasteiger partial charge on any atom is -0.308 e. The predicted octanol–water partition coefficient (Wildman–Crippen LogP) is 1.44. The monoisotopic (exact) mass is 253 g/mol. The van der Waals surface area contributed by atoms with E-state index in [0.29, 0.717) is 12.4 Å². The molecular weight excluding hydrogens is 240 g/mol. The van der Waals surface area contributed by atoms with E-state index in [-0.39, 0.29) is 11.7 Å². The largest absolute Gasteiger partial charge is 0.308 e. The van der Waals surface area contributed by atoms with Crippen molar-refractivity contribution in [2.24, 2.45) is 0 Å². The zero-order valence-corrected chi connectivity index (χ0v) is 10.1. The smallest absolute Gasteiger partial charge is 0.170 e. The lowest BCUT2D eigenvalue weighted by Gasteiger charge is -2.08. The van der Waals surface area contributed by atoms with Crippen LogP contribution in [-0.2, 0) is 6.54 Å². The number of nitrogens with one attached hydrogen (secondary N) is 1. The van der Waals surface area contributed by atoms with Crippen LogP contribution in [0.1, 0.15) is 19.7 Å². The maximum atomic E-state index is 13.1. The van der Waals surface area contributed by atoms with Crippen LogP contribution in [0.2, 0.25) is 0 Å². The van der Waals surface area contributed by atoms with E-state index in [0.717, 1.165) is 6.07 Å². The molecule has 0 saturated carbocycles. The molecule has 0 aliphatic heterocycles. The van der Waals surface area contributed by atoms with Gasteiger partial charge in [-0.2, -0.15) is 4.68 Å². The van der Waals surface area contributed by atoms with Crippen molar-refractivity contribution in [3.63, 3.8) is 0 Å². The molecule has 5 nitrogen and oxygen atoms in total. The fraction of sp³-hybridized carbons (Fsp3) is 0.364. The molecule has 2 aromatic rings. The van der Waals surface area contributed by atoms with Crippen LogP contribution in [0.25, 0.3) is 5.69 Å². The van der Waals surface area contributed by atoms with Crippen molar-refractivity contribution in [2.75, 3.05) is 0 Å². The van der Waals surface area contributed by atoms with E-state index in [9.17, 15) is 8.78 Å². The van der Waals surface area contributed by atoms with E-state index < -0.39 is 11.6 Å². The number of nitrogens with zero attached hydrogens (tertiary/aromatic N) is 4. The molecule has 1 aromatic heterocycles. The lowest BCUT2D eigenvalue weighted by Crippen LogP contribution is -2.24. The summed E-state index contributed by atoms with van der Waals surface area (Å²) in [5.41, 5.74) is 0.262. The maximum Gasteiger partial charge on any atom is 0.170 e. The predicted molar refractivity (Wildman–Crippen MR) is 61.0 cm³/mol. The van der Waals surface area contributed by atoms with Crippen LogP contribution in [0, 0.1) is 11.6 Å². The zero-order chi connectivity index (χ0) is 13.1. The average molecular weight is 253 g/mol. The number of aromatic nitrogens is 4. The zero-order valence-electron chi connectivity index (χ0n) is 10.1. The van der Waals surface area contributed by atoms with Gasteiger partial charge in [-0.15, -0.1) is 5.10 Å². The normalized spacial score (nSPS) is 11.2. The summed E-state index contributed by atoms with van der Waals surface area (Å²) in [4.78, 5) is 0. The number of hydrogen-bond acceptors (Lipinski definition) is 4. The van der Waals surface area contributed by atoms with Gasteiger partial charge in [0.15, 0.2) is 5.82 Å². The van der Waals surface area contributed by atoms with Crippen molar-refractivity contribution in [3.8, 4) is 5.69 Å². The van der Waals surface area contributed by atoms with Crippen LogP contribution < -0.4 is 5.32 Å². The summed E-state index contributed by atoms with van der Waals surface area (Å²) in [6.07, 6.45) is 0. The van der Waals surface area contributed by atoms with E-state index in [4.69, 9.17) is 0 Å². The molecular formula is C11H13F2N5. The summed E-state index contributed by atoms with van der Waals surface area (Å²) in [5, 5.41) is 14.2. The Hall–Kier alpha value is -1.89. The van der Waals surface area contributed by atoms with Crippen LogP contribution in [-0.4, -0.2) is 26.2 Å². The van der Waals surface area contributed by atoms with E-state index in [2.05, 4.69) is 20.8 Å². The Bertz CT molecular complexity index is 518. The fourth-order valence-corrected chi connectivity index (χ4v) is 1.47. The second kappa shape index (κ2) is 5.18. The van der Waals surface area contributed by atoms with Gasteiger partial charge in [-0.1, -0.05) is 13.8 Å². The van der Waals surface area contributed by atoms with Crippen LogP contribution in [0.5, 0.6) is 0 Å². The molecule has 2 rings (SSSR count). The van der Waals surface area contributed by atoms with E-state index in [1.165, 1.54) is 16.8 Å². The molecule has 96 valence electrons. The molecule has 18 heavy (non-hydrogen) atoms. The molecule has 1 aromatic carbocycles. The standard InChI is InChI=1S/C11H13F2N5/c1-7(2)14-6-11-15-16-17-18(11)10-4-8(12)3-9(13)5-10/h3-5,7,14H,6H2,1-2H3. The molecule has 7 heteroatoms. The van der Waals surface area contributed by atoms with Gasteiger partial charge in [0.2, 0.25) is 0 Å². The number of tetrazole rings is 1. The SMILES string of the molecule is CC(C)NCc1nnnn1-c1cc(F)cc(F)c1. The van der Waals surface area contributed by atoms with E-state index >= 15 is 0 Å². The molecule has 0 radical (unpaired) electrons. The Morgan fingerprint density at radius 1 is 1.22 bits per heavy atom. The number of benzene rings is 1. The summed E-state index contributed by atoms with van der Waals surface area (Å²) < 4.78 is 27.6. The third-order valence-corrected chi connectivity index (χ3v) is 2.29. The molecule has 0 aliphatic carbocycles. The molecule has 1 N–H and O–H groups in total. The first-order valence-corrected chi connectivity index (χ1v) is 5.53. The van der Waals surface area contributed by atoms with Crippen molar-refractivity contribution in [1.82, 2.24) is 25.5 Å². The van der Waals surface area contributed by atoms with Gasteiger partial charge >= 0.3 is 0 Å². The van der Waals surface area contributed by atoms with Gasteiger partial charge in [0.1, 0.15) is 11.6 Å². The van der Waals surface area contributed by atoms with Crippen molar-refractivity contribution in [1.29, 1.82) is 0 Å². The Labute approximate surface area is 103 Å². The van der Waals surface area contributed by atoms with Crippen molar-refractivity contribution in [2.45, 2.75) is 26.4 Å². The van der Waals surface area contributed by atoms with Gasteiger partial charge in [0, 0.05) is 12.1 Å². The fourth-order valence-electron chi connectivity index (χ4n) is 1.47. The number of hydrogen-bond donors (Lipinski definition) is 1. The van der Waals surface area contributed by atoms with Gasteiger partial charge in [-0.05, 0) is 22.6 Å². The summed E-state index contributed by atoms with van der Waals surface area (Å²) >= 11 is 0. The highest BCUT2D eigenvalue weighted by Crippen LogP contribution is 2.12. The maximum absolute atomic E-state index is 13.1. The minimum absolute atomic E-state index is 0.262. The third kappa shape index (κ3) is 2.86. The van der Waals surface area contributed by atoms with Gasteiger partial charge in [0.05, 0.1) is 12.2 Å². The molecule has 0 spiro atoms. The lowest BCUT2D eigenvalue weighted by atomic mass is 10.3. The molecule has 0 saturated heterocycles. The molecule has 0 amide bonds. The first-order chi connectivity index (χ1) is 8.56. The summed E-state index contributed by atoms with van der Waals surface area (Å²) in [6, 6.07) is 3.43. The Morgan fingerprint density at radius 3 is 2.50 bits per heavy atom. The first kappa shape index (κ1) is 12.6. The summed E-state index contributed by atoms with van der Waals surface area (Å²) in [6.45, 7) is 4.38. The second-order valence-corrected chi connectivity index (χ2v) is 4.17. The van der Waals surface area contributed by atoms with Crippen molar-refractivity contribution in [3.05, 3.63) is 35.7 Å². The Morgan fingerprint density at radius 2 is 1.89 bits per heavy atom. The highest BCUT2D eigenvalue weighted by Gasteiger charge is 2.10. The molecule has 0 atom stereocenters. The van der Waals surface area contributed by atoms with Gasteiger partial charge < -0.3 is 5.32 Å². The van der Waals surface area contributed by atoms with E-state index in [1.54, 1.807) is 0 Å². The van der Waals surface area contributed by atoms with Crippen LogP contribution in [0.4, 0.5) is 8.78 Å². The van der Waals surface area contributed by atoms with Crippen LogP contribution in [0.15, 0.2) is 18.2 Å². The molecule has 0 aliphatic rings. The number of rotatable bonds is 4. The minimum atomic E-state index is -0.664. The van der Waals surface area contributed by atoms with Gasteiger partial charge in [-0.25, -0.2) is 8.78 Å². The molecule has 1 heterocycles. The van der Waals surface area contributed by atoms with Crippen molar-refractivity contribution >= 4 is 0 Å². The van der Waals surface area contributed by atoms with Gasteiger partial charge in [-0.3, -0.25) is 0 Å². The lowest BCUT2D eigenvalue weighted by molar-refractivity contribution is 0.557. The van der Waals surface area contributed by atoms with Crippen LogP contribution >= 0.6 is 0 Å². The topological polar surface area (TPSA) is 55.6 Å². The molecule has 0 unspecified atom stereocenters. The number of halogens is 2. The Balaban J connectivity index is 2.30. The second-order valence-electron chi connectivity index (χ2n) is 4.17. The van der Waals surface area contributed by atoms with Crippen molar-refractivity contribution < 1.29 is 8.78 Å². The summed E-state index contributed by atoms with van der Waals surface area (Å²) in [7, 11) is 0. The Kier molecular flexibility index (Phi) is 3.61. The molecule has 0 bridgehead atoms. The quantitative estimate of drug-likeness (QED) is 0.895. The van der Waals surface area contributed by atoms with Crippen LogP contribution in [0.3, 0.4) is 0 Å². The average Bonchev–Trinajstić information content (AvgIpc) is 2.72. The molecule has 0 fully saturated rings. The summed E-state index contributed by atoms with van der Waals surface area (Å²) in [5.74, 6) is -0.833. The van der Waals surface area contributed by atoms with E-state index in [1.807, 2.05) is 13.8 Å². The highest BCUT2D eigenvalue weighted by atomic mass is 19.1. The highest BCUT2D eigenvalue weighted by molar-refractivity contribution is 5.32. The first-order valence-electron chi connectivity index (χ1n) is 5.53.